The third-order valence-electron chi connectivity index (χ3n) is 3.93. The molecule has 1 saturated heterocycles. The summed E-state index contributed by atoms with van der Waals surface area (Å²) in [7, 11) is 0.457. The van der Waals surface area contributed by atoms with Crippen LogP contribution in [0.3, 0.4) is 0 Å². The van der Waals surface area contributed by atoms with Gasteiger partial charge < -0.3 is 4.90 Å². The molecule has 0 amide bonds. The van der Waals surface area contributed by atoms with Crippen LogP contribution < -0.4 is 0 Å². The first-order valence-electron chi connectivity index (χ1n) is 6.65. The first-order valence-corrected chi connectivity index (χ1v) is 8.09. The van der Waals surface area contributed by atoms with E-state index < -0.39 is 10.0 Å². The van der Waals surface area contributed by atoms with Crippen molar-refractivity contribution >= 4 is 15.1 Å². The van der Waals surface area contributed by atoms with Crippen molar-refractivity contribution in [2.75, 3.05) is 27.2 Å². The quantitative estimate of drug-likeness (QED) is 0.787. The summed E-state index contributed by atoms with van der Waals surface area (Å²) in [6, 6.07) is 3.81. The zero-order valence-corrected chi connectivity index (χ0v) is 12.5. The minimum Gasteiger partial charge on any atom is -0.305 e. The SMILES string of the molecule is CN(C)C1CCN(S(=O)(=O)C2=NCc3ncccc32)C1. The Morgan fingerprint density at radius 2 is 2.20 bits per heavy atom. The molecule has 6 nitrogen and oxygen atoms in total. The molecule has 2 aliphatic rings. The molecule has 0 spiro atoms. The van der Waals surface area contributed by atoms with E-state index in [0.717, 1.165) is 12.1 Å². The molecule has 0 bridgehead atoms. The molecular formula is C13H18N4O2S. The minimum absolute atomic E-state index is 0.181. The van der Waals surface area contributed by atoms with E-state index in [1.54, 1.807) is 22.6 Å². The molecule has 1 aromatic heterocycles. The Kier molecular flexibility index (Phi) is 3.35. The van der Waals surface area contributed by atoms with Gasteiger partial charge in [0.15, 0.2) is 5.04 Å². The Bertz CT molecular complexity index is 654. The van der Waals surface area contributed by atoms with E-state index in [2.05, 4.69) is 14.9 Å². The smallest absolute Gasteiger partial charge is 0.260 e. The van der Waals surface area contributed by atoms with Crippen molar-refractivity contribution in [3.05, 3.63) is 29.6 Å². The zero-order valence-electron chi connectivity index (χ0n) is 11.7. The standard InChI is InChI=1S/C13H18N4O2S/c1-16(2)10-5-7-17(9-10)20(18,19)13-11-4-3-6-14-12(11)8-15-13/h3-4,6,10H,5,7-9H2,1-2H3. The molecule has 1 unspecified atom stereocenters. The maximum absolute atomic E-state index is 12.7. The van der Waals surface area contributed by atoms with Gasteiger partial charge in [0.2, 0.25) is 0 Å². The molecule has 0 saturated carbocycles. The molecule has 0 aliphatic carbocycles. The van der Waals surface area contributed by atoms with Crippen LogP contribution in [0.5, 0.6) is 0 Å². The maximum Gasteiger partial charge on any atom is 0.260 e. The molecule has 3 heterocycles. The average molecular weight is 294 g/mol. The summed E-state index contributed by atoms with van der Waals surface area (Å²) in [4.78, 5) is 10.5. The summed E-state index contributed by atoms with van der Waals surface area (Å²) in [6.45, 7) is 1.44. The summed E-state index contributed by atoms with van der Waals surface area (Å²) < 4.78 is 27.0. The van der Waals surface area contributed by atoms with E-state index >= 15 is 0 Å². The molecule has 1 atom stereocenters. The molecule has 1 aromatic rings. The Balaban J connectivity index is 1.88. The molecule has 1 fully saturated rings. The summed E-state index contributed by atoms with van der Waals surface area (Å²) in [5, 5.41) is 0.181. The third-order valence-corrected chi connectivity index (χ3v) is 5.78. The highest BCUT2D eigenvalue weighted by Gasteiger charge is 2.38. The second kappa shape index (κ2) is 4.91. The van der Waals surface area contributed by atoms with E-state index in [-0.39, 0.29) is 11.1 Å². The minimum atomic E-state index is -3.50. The van der Waals surface area contributed by atoms with Crippen molar-refractivity contribution in [1.82, 2.24) is 14.2 Å². The van der Waals surface area contributed by atoms with Gasteiger partial charge in [-0.3, -0.25) is 9.98 Å². The topological polar surface area (TPSA) is 65.9 Å². The number of rotatable bonds is 2. The molecule has 3 rings (SSSR count). The number of likely N-dealkylation sites (N-methyl/N-ethyl adjacent to an activating group) is 1. The van der Waals surface area contributed by atoms with E-state index in [1.165, 1.54) is 0 Å². The highest BCUT2D eigenvalue weighted by molar-refractivity contribution is 8.05. The Morgan fingerprint density at radius 3 is 2.90 bits per heavy atom. The van der Waals surface area contributed by atoms with Crippen LogP contribution in [-0.4, -0.2) is 60.9 Å². The summed E-state index contributed by atoms with van der Waals surface area (Å²) in [5.74, 6) is 0. The van der Waals surface area contributed by atoms with E-state index in [1.807, 2.05) is 14.1 Å². The summed E-state index contributed by atoms with van der Waals surface area (Å²) in [5.41, 5.74) is 1.40. The lowest BCUT2D eigenvalue weighted by atomic mass is 10.2. The lowest BCUT2D eigenvalue weighted by Crippen LogP contribution is -2.37. The Labute approximate surface area is 119 Å². The highest BCUT2D eigenvalue weighted by atomic mass is 32.2. The predicted octanol–water partition coefficient (Wildman–Crippen LogP) is 0.308. The zero-order chi connectivity index (χ0) is 14.3. The van der Waals surface area contributed by atoms with E-state index in [9.17, 15) is 8.42 Å². The van der Waals surface area contributed by atoms with Gasteiger partial charge in [0, 0.05) is 30.9 Å². The number of hydrogen-bond donors (Lipinski definition) is 0. The van der Waals surface area contributed by atoms with Crippen LogP contribution in [0, 0.1) is 0 Å². The highest BCUT2D eigenvalue weighted by Crippen LogP contribution is 2.25. The van der Waals surface area contributed by atoms with Crippen LogP contribution in [-0.2, 0) is 16.6 Å². The first-order chi connectivity index (χ1) is 9.50. The van der Waals surface area contributed by atoms with Crippen LogP contribution in [0.2, 0.25) is 0 Å². The first kappa shape index (κ1) is 13.7. The van der Waals surface area contributed by atoms with Crippen molar-refractivity contribution < 1.29 is 8.42 Å². The number of fused-ring (bicyclic) bond motifs is 1. The summed E-state index contributed by atoms with van der Waals surface area (Å²) in [6.07, 6.45) is 2.53. The largest absolute Gasteiger partial charge is 0.305 e. The van der Waals surface area contributed by atoms with Gasteiger partial charge in [-0.2, -0.15) is 4.31 Å². The fourth-order valence-electron chi connectivity index (χ4n) is 2.68. The number of sulfonamides is 1. The van der Waals surface area contributed by atoms with Gasteiger partial charge in [0.25, 0.3) is 10.0 Å². The van der Waals surface area contributed by atoms with Gasteiger partial charge in [-0.05, 0) is 32.6 Å². The Morgan fingerprint density at radius 1 is 1.40 bits per heavy atom. The van der Waals surface area contributed by atoms with Crippen molar-refractivity contribution in [1.29, 1.82) is 0 Å². The predicted molar refractivity (Wildman–Crippen MR) is 77.1 cm³/mol. The van der Waals surface area contributed by atoms with Crippen LogP contribution in [0.4, 0.5) is 0 Å². The van der Waals surface area contributed by atoms with Crippen LogP contribution in [0.1, 0.15) is 17.7 Å². The van der Waals surface area contributed by atoms with E-state index in [4.69, 9.17) is 0 Å². The fraction of sp³-hybridized carbons (Fsp3) is 0.538. The van der Waals surface area contributed by atoms with Crippen LogP contribution in [0.15, 0.2) is 23.3 Å². The Hall–Kier alpha value is -1.31. The van der Waals surface area contributed by atoms with Gasteiger partial charge in [0.1, 0.15) is 0 Å². The number of pyridine rings is 1. The van der Waals surface area contributed by atoms with Crippen molar-refractivity contribution in [3.8, 4) is 0 Å². The van der Waals surface area contributed by atoms with E-state index in [0.29, 0.717) is 25.2 Å². The van der Waals surface area contributed by atoms with Crippen molar-refractivity contribution in [2.24, 2.45) is 4.99 Å². The number of aromatic nitrogens is 1. The fourth-order valence-corrected chi connectivity index (χ4v) is 4.33. The van der Waals surface area contributed by atoms with Gasteiger partial charge in [0.05, 0.1) is 12.2 Å². The summed E-state index contributed by atoms with van der Waals surface area (Å²) >= 11 is 0. The van der Waals surface area contributed by atoms with Gasteiger partial charge in [-0.25, -0.2) is 8.42 Å². The molecular weight excluding hydrogens is 276 g/mol. The lowest BCUT2D eigenvalue weighted by molar-refractivity contribution is 0.303. The molecule has 0 aromatic carbocycles. The van der Waals surface area contributed by atoms with Crippen LogP contribution in [0.25, 0.3) is 0 Å². The average Bonchev–Trinajstić information content (AvgIpc) is 3.06. The number of aliphatic imine (C=N–C) groups is 1. The van der Waals surface area contributed by atoms with Gasteiger partial charge in [-0.1, -0.05) is 0 Å². The molecule has 2 aliphatic heterocycles. The van der Waals surface area contributed by atoms with Gasteiger partial charge >= 0.3 is 0 Å². The second-order valence-corrected chi connectivity index (χ2v) is 7.24. The molecule has 0 N–H and O–H groups in total. The molecule has 20 heavy (non-hydrogen) atoms. The van der Waals surface area contributed by atoms with Crippen molar-refractivity contribution in [3.63, 3.8) is 0 Å². The number of nitrogens with zero attached hydrogens (tertiary/aromatic N) is 4. The molecule has 7 heteroatoms. The van der Waals surface area contributed by atoms with Crippen LogP contribution >= 0.6 is 0 Å². The number of hydrogen-bond acceptors (Lipinski definition) is 5. The third kappa shape index (κ3) is 2.15. The molecule has 108 valence electrons. The monoisotopic (exact) mass is 294 g/mol. The second-order valence-electron chi connectivity index (χ2n) is 5.39. The molecule has 0 radical (unpaired) electrons. The maximum atomic E-state index is 12.7. The van der Waals surface area contributed by atoms with Gasteiger partial charge in [-0.15, -0.1) is 0 Å². The lowest BCUT2D eigenvalue weighted by Gasteiger charge is -2.20. The normalized spacial score (nSPS) is 23.1. The van der Waals surface area contributed by atoms with Crippen molar-refractivity contribution in [2.45, 2.75) is 19.0 Å².